The van der Waals surface area contributed by atoms with Crippen LogP contribution in [0.2, 0.25) is 0 Å². The lowest BCUT2D eigenvalue weighted by Gasteiger charge is -2.32. The molecular weight excluding hydrogens is 284 g/mol. The molecule has 0 amide bonds. The Kier molecular flexibility index (Phi) is 4.72. The summed E-state index contributed by atoms with van der Waals surface area (Å²) in [4.78, 5) is 7.33. The molecule has 0 aromatic carbocycles. The van der Waals surface area contributed by atoms with E-state index in [1.54, 1.807) is 0 Å². The highest BCUT2D eigenvalue weighted by atomic mass is 15.3. The molecule has 2 unspecified atom stereocenters. The van der Waals surface area contributed by atoms with Crippen molar-refractivity contribution in [1.82, 2.24) is 19.7 Å². The number of likely N-dealkylation sites (tertiary alicyclic amines) is 1. The van der Waals surface area contributed by atoms with E-state index >= 15 is 0 Å². The highest BCUT2D eigenvalue weighted by molar-refractivity contribution is 5.78. The normalized spacial score (nSPS) is 23.6. The van der Waals surface area contributed by atoms with Crippen LogP contribution in [0, 0.1) is 18.8 Å². The zero-order chi connectivity index (χ0) is 16.6. The van der Waals surface area contributed by atoms with Crippen LogP contribution in [0.3, 0.4) is 0 Å². The third-order valence-corrected chi connectivity index (χ3v) is 5.41. The molecule has 1 aliphatic rings. The number of fused-ring (bicyclic) bond motifs is 1. The maximum Gasteiger partial charge on any atom is 0.157 e. The number of aromatic nitrogens is 3. The van der Waals surface area contributed by atoms with Gasteiger partial charge in [0.25, 0.3) is 0 Å². The maximum atomic E-state index is 4.65. The molecule has 2 aromatic rings. The lowest BCUT2D eigenvalue weighted by Crippen LogP contribution is -2.38. The number of aryl methyl sites for hydroxylation is 2. The van der Waals surface area contributed by atoms with E-state index in [4.69, 9.17) is 0 Å². The van der Waals surface area contributed by atoms with E-state index in [1.807, 2.05) is 17.9 Å². The molecule has 0 N–H and O–H groups in total. The fourth-order valence-electron chi connectivity index (χ4n) is 3.96. The van der Waals surface area contributed by atoms with Crippen LogP contribution in [0.1, 0.15) is 51.3 Å². The fraction of sp³-hybridized carbons (Fsp3) is 0.684. The van der Waals surface area contributed by atoms with E-state index < -0.39 is 0 Å². The van der Waals surface area contributed by atoms with Crippen molar-refractivity contribution in [1.29, 1.82) is 0 Å². The van der Waals surface area contributed by atoms with Gasteiger partial charge in [0.1, 0.15) is 0 Å². The molecule has 3 rings (SSSR count). The highest BCUT2D eigenvalue weighted by Gasteiger charge is 2.26. The molecule has 0 spiro atoms. The minimum absolute atomic E-state index is 0.686. The maximum absolute atomic E-state index is 4.65. The summed E-state index contributed by atoms with van der Waals surface area (Å²) >= 11 is 0. The van der Waals surface area contributed by atoms with E-state index in [-0.39, 0.29) is 0 Å². The zero-order valence-electron chi connectivity index (χ0n) is 15.2. The smallest absolute Gasteiger partial charge is 0.157 e. The second-order valence-corrected chi connectivity index (χ2v) is 7.68. The van der Waals surface area contributed by atoms with Crippen molar-refractivity contribution >= 4 is 11.0 Å². The number of pyridine rings is 1. The van der Waals surface area contributed by atoms with Crippen molar-refractivity contribution < 1.29 is 0 Å². The second kappa shape index (κ2) is 6.60. The van der Waals surface area contributed by atoms with Gasteiger partial charge in [-0.15, -0.1) is 0 Å². The number of hydrogen-bond acceptors (Lipinski definition) is 3. The molecule has 2 aromatic heterocycles. The van der Waals surface area contributed by atoms with Gasteiger partial charge in [0.15, 0.2) is 5.65 Å². The van der Waals surface area contributed by atoms with Crippen LogP contribution in [0.5, 0.6) is 0 Å². The number of nitrogens with zero attached hydrogens (tertiary/aromatic N) is 4. The fourth-order valence-corrected chi connectivity index (χ4v) is 3.96. The van der Waals surface area contributed by atoms with Gasteiger partial charge in [0.2, 0.25) is 0 Å². The van der Waals surface area contributed by atoms with Gasteiger partial charge in [-0.05, 0) is 56.2 Å². The van der Waals surface area contributed by atoms with Crippen LogP contribution in [0.4, 0.5) is 0 Å². The van der Waals surface area contributed by atoms with E-state index in [9.17, 15) is 0 Å². The highest BCUT2D eigenvalue weighted by Crippen LogP contribution is 2.27. The lowest BCUT2D eigenvalue weighted by atomic mass is 9.95. The summed E-state index contributed by atoms with van der Waals surface area (Å²) in [6.45, 7) is 11.4. The first-order valence-electron chi connectivity index (χ1n) is 8.98. The minimum Gasteiger partial charge on any atom is -0.296 e. The van der Waals surface area contributed by atoms with Crippen LogP contribution in [-0.4, -0.2) is 32.3 Å². The molecule has 0 aliphatic carbocycles. The van der Waals surface area contributed by atoms with E-state index in [1.165, 1.54) is 36.8 Å². The van der Waals surface area contributed by atoms with Crippen LogP contribution in [-0.2, 0) is 13.6 Å². The first-order chi connectivity index (χ1) is 11.0. The standard InChI is InChI=1S/C19H30N4/c1-13(2)18-7-6-14(3)8-9-23(18)12-16-10-17-15(4)21-22(5)19(17)20-11-16/h10-11,13-14,18H,6-9,12H2,1-5H3. The van der Waals surface area contributed by atoms with Crippen molar-refractivity contribution in [2.75, 3.05) is 6.54 Å². The molecule has 2 atom stereocenters. The Balaban J connectivity index is 1.85. The summed E-state index contributed by atoms with van der Waals surface area (Å²) in [5.41, 5.74) is 3.37. The minimum atomic E-state index is 0.686. The average molecular weight is 314 g/mol. The summed E-state index contributed by atoms with van der Waals surface area (Å²) in [6, 6.07) is 2.97. The predicted octanol–water partition coefficient (Wildman–Crippen LogP) is 3.92. The first-order valence-corrected chi connectivity index (χ1v) is 8.98. The van der Waals surface area contributed by atoms with Gasteiger partial charge in [0, 0.05) is 31.2 Å². The Morgan fingerprint density at radius 2 is 2.04 bits per heavy atom. The number of rotatable bonds is 3. The van der Waals surface area contributed by atoms with Crippen LogP contribution >= 0.6 is 0 Å². The van der Waals surface area contributed by atoms with Crippen LogP contribution in [0.15, 0.2) is 12.3 Å². The topological polar surface area (TPSA) is 34.0 Å². The van der Waals surface area contributed by atoms with E-state index in [0.29, 0.717) is 12.0 Å². The van der Waals surface area contributed by atoms with Crippen LogP contribution in [0.25, 0.3) is 11.0 Å². The molecule has 126 valence electrons. The third kappa shape index (κ3) is 3.42. The van der Waals surface area contributed by atoms with Crippen LogP contribution < -0.4 is 0 Å². The third-order valence-electron chi connectivity index (χ3n) is 5.41. The van der Waals surface area contributed by atoms with E-state index in [0.717, 1.165) is 23.8 Å². The Bertz CT molecular complexity index is 673. The Morgan fingerprint density at radius 3 is 2.78 bits per heavy atom. The van der Waals surface area contributed by atoms with Gasteiger partial charge in [-0.2, -0.15) is 5.10 Å². The molecule has 1 aliphatic heterocycles. The molecule has 3 heterocycles. The summed E-state index contributed by atoms with van der Waals surface area (Å²) in [5, 5.41) is 5.68. The largest absolute Gasteiger partial charge is 0.296 e. The number of hydrogen-bond donors (Lipinski definition) is 0. The van der Waals surface area contributed by atoms with Crippen molar-refractivity contribution in [3.8, 4) is 0 Å². The summed E-state index contributed by atoms with van der Waals surface area (Å²) in [6.07, 6.45) is 6.03. The van der Waals surface area contributed by atoms with E-state index in [2.05, 4.69) is 48.7 Å². The van der Waals surface area contributed by atoms with Gasteiger partial charge in [-0.3, -0.25) is 9.58 Å². The van der Waals surface area contributed by atoms with Gasteiger partial charge < -0.3 is 0 Å². The Hall–Kier alpha value is -1.42. The molecule has 0 saturated carbocycles. The average Bonchev–Trinajstić information content (AvgIpc) is 2.67. The summed E-state index contributed by atoms with van der Waals surface area (Å²) < 4.78 is 1.87. The van der Waals surface area contributed by atoms with Crippen molar-refractivity contribution in [2.24, 2.45) is 18.9 Å². The lowest BCUT2D eigenvalue weighted by molar-refractivity contribution is 0.149. The summed E-state index contributed by atoms with van der Waals surface area (Å²) in [5.74, 6) is 1.56. The molecule has 0 radical (unpaired) electrons. The van der Waals surface area contributed by atoms with Crippen molar-refractivity contribution in [3.05, 3.63) is 23.5 Å². The molecular formula is C19H30N4. The van der Waals surface area contributed by atoms with Gasteiger partial charge in [0.05, 0.1) is 5.69 Å². The van der Waals surface area contributed by atoms with Gasteiger partial charge >= 0.3 is 0 Å². The Labute approximate surface area is 139 Å². The van der Waals surface area contributed by atoms with Gasteiger partial charge in [-0.1, -0.05) is 20.8 Å². The molecule has 1 fully saturated rings. The molecule has 23 heavy (non-hydrogen) atoms. The molecule has 0 bridgehead atoms. The quantitative estimate of drug-likeness (QED) is 0.861. The first kappa shape index (κ1) is 16.4. The molecule has 1 saturated heterocycles. The monoisotopic (exact) mass is 314 g/mol. The predicted molar refractivity (Wildman–Crippen MR) is 95.3 cm³/mol. The molecule has 4 heteroatoms. The molecule has 4 nitrogen and oxygen atoms in total. The summed E-state index contributed by atoms with van der Waals surface area (Å²) in [7, 11) is 1.97. The van der Waals surface area contributed by atoms with Crippen molar-refractivity contribution in [2.45, 2.75) is 59.5 Å². The van der Waals surface area contributed by atoms with Gasteiger partial charge in [-0.25, -0.2) is 4.98 Å². The Morgan fingerprint density at radius 1 is 1.26 bits per heavy atom. The SMILES string of the molecule is Cc1nn(C)c2ncc(CN3CCC(C)CCC3C(C)C)cc12. The zero-order valence-corrected chi connectivity index (χ0v) is 15.2. The van der Waals surface area contributed by atoms with Crippen molar-refractivity contribution in [3.63, 3.8) is 0 Å². The second-order valence-electron chi connectivity index (χ2n) is 7.68.